The van der Waals surface area contributed by atoms with Crippen LogP contribution in [-0.2, 0) is 10.0 Å². The Morgan fingerprint density at radius 3 is 2.72 bits per heavy atom. The second-order valence-electron chi connectivity index (χ2n) is 4.05. The predicted molar refractivity (Wildman–Crippen MR) is 71.0 cm³/mol. The van der Waals surface area contributed by atoms with E-state index in [9.17, 15) is 8.42 Å². The van der Waals surface area contributed by atoms with Crippen LogP contribution in [0.4, 0.5) is 0 Å². The smallest absolute Gasteiger partial charge is 0.260 e. The van der Waals surface area contributed by atoms with Crippen molar-refractivity contribution in [3.05, 3.63) is 34.4 Å². The van der Waals surface area contributed by atoms with Crippen LogP contribution in [0, 0.1) is 6.92 Å². The van der Waals surface area contributed by atoms with Gasteiger partial charge in [-0.3, -0.25) is 0 Å². The first-order valence-corrected chi connectivity index (χ1v) is 7.78. The number of nitrogens with one attached hydrogen (secondary N) is 1. The SMILES string of the molecule is Cc1ncc(S(=O)(=O)N(C)C(C)c2cccs2)[nH]1. The van der Waals surface area contributed by atoms with Crippen molar-refractivity contribution in [2.75, 3.05) is 7.05 Å². The minimum absolute atomic E-state index is 0.130. The maximum atomic E-state index is 12.3. The Labute approximate surface area is 111 Å². The number of rotatable bonds is 4. The second-order valence-corrected chi connectivity index (χ2v) is 6.99. The topological polar surface area (TPSA) is 66.1 Å². The number of aromatic amines is 1. The predicted octanol–water partition coefficient (Wildman–Crippen LogP) is 2.16. The molecule has 0 aliphatic heterocycles. The first-order chi connectivity index (χ1) is 8.43. The molecule has 0 saturated heterocycles. The van der Waals surface area contributed by atoms with Gasteiger partial charge in [-0.2, -0.15) is 4.31 Å². The van der Waals surface area contributed by atoms with Crippen LogP contribution in [-0.4, -0.2) is 29.7 Å². The maximum absolute atomic E-state index is 12.3. The van der Waals surface area contributed by atoms with E-state index in [1.54, 1.807) is 25.3 Å². The molecule has 0 saturated carbocycles. The number of hydrogen-bond donors (Lipinski definition) is 1. The quantitative estimate of drug-likeness (QED) is 0.936. The third-order valence-corrected chi connectivity index (χ3v) is 5.72. The molecule has 0 bridgehead atoms. The van der Waals surface area contributed by atoms with Gasteiger partial charge in [0.05, 0.1) is 12.2 Å². The Morgan fingerprint density at radius 2 is 2.22 bits per heavy atom. The summed E-state index contributed by atoms with van der Waals surface area (Å²) < 4.78 is 26.0. The number of hydrogen-bond acceptors (Lipinski definition) is 4. The minimum Gasteiger partial charge on any atom is -0.332 e. The molecule has 2 heterocycles. The molecule has 18 heavy (non-hydrogen) atoms. The summed E-state index contributed by atoms with van der Waals surface area (Å²) >= 11 is 1.54. The zero-order valence-electron chi connectivity index (χ0n) is 10.4. The summed E-state index contributed by atoms with van der Waals surface area (Å²) in [5.74, 6) is 0.589. The van der Waals surface area contributed by atoms with Crippen LogP contribution in [0.5, 0.6) is 0 Å². The number of thiophene rings is 1. The van der Waals surface area contributed by atoms with Crippen molar-refractivity contribution in [3.63, 3.8) is 0 Å². The molecule has 1 N–H and O–H groups in total. The molecule has 0 fully saturated rings. The average Bonchev–Trinajstić information content (AvgIpc) is 2.97. The number of imidazole rings is 1. The number of nitrogens with zero attached hydrogens (tertiary/aromatic N) is 2. The third-order valence-electron chi connectivity index (χ3n) is 2.84. The van der Waals surface area contributed by atoms with Crippen molar-refractivity contribution in [1.29, 1.82) is 0 Å². The van der Waals surface area contributed by atoms with Gasteiger partial charge in [0.15, 0.2) is 5.03 Å². The van der Waals surface area contributed by atoms with Crippen LogP contribution < -0.4 is 0 Å². The first-order valence-electron chi connectivity index (χ1n) is 5.46. The largest absolute Gasteiger partial charge is 0.332 e. The first kappa shape index (κ1) is 13.3. The van der Waals surface area contributed by atoms with E-state index in [-0.39, 0.29) is 11.1 Å². The van der Waals surface area contributed by atoms with E-state index in [0.717, 1.165) is 4.88 Å². The van der Waals surface area contributed by atoms with Gasteiger partial charge in [-0.05, 0) is 25.3 Å². The molecule has 2 rings (SSSR count). The lowest BCUT2D eigenvalue weighted by molar-refractivity contribution is 0.401. The van der Waals surface area contributed by atoms with E-state index in [0.29, 0.717) is 5.82 Å². The Bertz CT molecular complexity index is 617. The standard InChI is InChI=1S/C11H15N3O2S2/c1-8(10-5-4-6-17-10)14(3)18(15,16)11-7-12-9(2)13-11/h4-8H,1-3H3,(H,12,13). The Hall–Kier alpha value is -1.18. The Kier molecular flexibility index (Phi) is 3.56. The lowest BCUT2D eigenvalue weighted by Crippen LogP contribution is -2.29. The van der Waals surface area contributed by atoms with E-state index in [1.807, 2.05) is 24.4 Å². The summed E-state index contributed by atoms with van der Waals surface area (Å²) in [7, 11) is -1.94. The van der Waals surface area contributed by atoms with Gasteiger partial charge in [-0.25, -0.2) is 13.4 Å². The molecule has 0 aliphatic rings. The van der Waals surface area contributed by atoms with Crippen LogP contribution in [0.15, 0.2) is 28.7 Å². The molecule has 5 nitrogen and oxygen atoms in total. The van der Waals surface area contributed by atoms with Crippen molar-refractivity contribution < 1.29 is 8.42 Å². The summed E-state index contributed by atoms with van der Waals surface area (Å²) in [6.07, 6.45) is 1.35. The molecule has 0 radical (unpaired) electrons. The molecule has 2 aromatic heterocycles. The number of H-pyrrole nitrogens is 1. The zero-order valence-corrected chi connectivity index (χ0v) is 12.0. The van der Waals surface area contributed by atoms with Crippen molar-refractivity contribution in [2.45, 2.75) is 24.9 Å². The average molecular weight is 285 g/mol. The molecule has 98 valence electrons. The van der Waals surface area contributed by atoms with Gasteiger partial charge in [0.1, 0.15) is 5.82 Å². The highest BCUT2D eigenvalue weighted by Crippen LogP contribution is 2.27. The summed E-state index contributed by atoms with van der Waals surface area (Å²) in [5.41, 5.74) is 0. The molecular weight excluding hydrogens is 270 g/mol. The highest BCUT2D eigenvalue weighted by atomic mass is 32.2. The lowest BCUT2D eigenvalue weighted by Gasteiger charge is -2.22. The summed E-state index contributed by atoms with van der Waals surface area (Å²) in [5, 5.41) is 2.07. The summed E-state index contributed by atoms with van der Waals surface area (Å²) in [6.45, 7) is 3.59. The highest BCUT2D eigenvalue weighted by molar-refractivity contribution is 7.89. The molecule has 2 aromatic rings. The van der Waals surface area contributed by atoms with E-state index in [1.165, 1.54) is 10.5 Å². The van der Waals surface area contributed by atoms with Gasteiger partial charge in [-0.1, -0.05) is 6.07 Å². The fourth-order valence-corrected chi connectivity index (χ4v) is 3.80. The Morgan fingerprint density at radius 1 is 1.50 bits per heavy atom. The molecular formula is C11H15N3O2S2. The van der Waals surface area contributed by atoms with Gasteiger partial charge in [0.25, 0.3) is 10.0 Å². The van der Waals surface area contributed by atoms with Crippen molar-refractivity contribution in [2.24, 2.45) is 0 Å². The summed E-state index contributed by atoms with van der Waals surface area (Å²) in [4.78, 5) is 7.70. The number of aryl methyl sites for hydroxylation is 1. The van der Waals surface area contributed by atoms with Gasteiger partial charge in [0, 0.05) is 11.9 Å². The fraction of sp³-hybridized carbons (Fsp3) is 0.364. The van der Waals surface area contributed by atoms with Crippen LogP contribution >= 0.6 is 11.3 Å². The van der Waals surface area contributed by atoms with Gasteiger partial charge in [0.2, 0.25) is 0 Å². The molecule has 0 spiro atoms. The number of sulfonamides is 1. The monoisotopic (exact) mass is 285 g/mol. The number of aromatic nitrogens is 2. The molecule has 0 aromatic carbocycles. The highest BCUT2D eigenvalue weighted by Gasteiger charge is 2.28. The van der Waals surface area contributed by atoms with Crippen LogP contribution in [0.3, 0.4) is 0 Å². The van der Waals surface area contributed by atoms with Crippen molar-refractivity contribution >= 4 is 21.4 Å². The third kappa shape index (κ3) is 2.33. The normalized spacial score (nSPS) is 14.0. The molecule has 0 aliphatic carbocycles. The fourth-order valence-electron chi connectivity index (χ4n) is 1.60. The molecule has 1 atom stereocenters. The second kappa shape index (κ2) is 4.83. The molecule has 0 amide bonds. The molecule has 7 heteroatoms. The van der Waals surface area contributed by atoms with E-state index >= 15 is 0 Å². The van der Waals surface area contributed by atoms with Gasteiger partial charge >= 0.3 is 0 Å². The zero-order chi connectivity index (χ0) is 13.3. The summed E-state index contributed by atoms with van der Waals surface area (Å²) in [6, 6.07) is 3.65. The van der Waals surface area contributed by atoms with E-state index in [4.69, 9.17) is 0 Å². The minimum atomic E-state index is -3.52. The van der Waals surface area contributed by atoms with E-state index in [2.05, 4.69) is 9.97 Å². The van der Waals surface area contributed by atoms with Crippen LogP contribution in [0.2, 0.25) is 0 Å². The molecule has 1 unspecified atom stereocenters. The lowest BCUT2D eigenvalue weighted by atomic mass is 10.3. The van der Waals surface area contributed by atoms with Crippen LogP contribution in [0.25, 0.3) is 0 Å². The van der Waals surface area contributed by atoms with Crippen LogP contribution in [0.1, 0.15) is 23.7 Å². The van der Waals surface area contributed by atoms with Crippen molar-refractivity contribution in [1.82, 2.24) is 14.3 Å². The van der Waals surface area contributed by atoms with Crippen molar-refractivity contribution in [3.8, 4) is 0 Å². The van der Waals surface area contributed by atoms with E-state index < -0.39 is 10.0 Å². The van der Waals surface area contributed by atoms with Gasteiger partial charge < -0.3 is 4.98 Å². The Balaban J connectivity index is 2.31. The van der Waals surface area contributed by atoms with Gasteiger partial charge in [-0.15, -0.1) is 11.3 Å². The maximum Gasteiger partial charge on any atom is 0.260 e.